The highest BCUT2D eigenvalue weighted by atomic mass is 32.2. The molecule has 3 aliphatic heterocycles. The average molecular weight is 483 g/mol. The lowest BCUT2D eigenvalue weighted by Gasteiger charge is -2.34. The van der Waals surface area contributed by atoms with E-state index in [4.69, 9.17) is 0 Å². The van der Waals surface area contributed by atoms with Crippen LogP contribution >= 0.6 is 0 Å². The highest BCUT2D eigenvalue weighted by Gasteiger charge is 2.48. The van der Waals surface area contributed by atoms with Crippen molar-refractivity contribution in [2.24, 2.45) is 0 Å². The molecule has 8 nitrogen and oxygen atoms in total. The first-order valence-corrected chi connectivity index (χ1v) is 12.6. The van der Waals surface area contributed by atoms with E-state index in [9.17, 15) is 21.6 Å². The van der Waals surface area contributed by atoms with E-state index in [1.807, 2.05) is 19.2 Å². The molecule has 1 N–H and O–H groups in total. The molecule has 2 fully saturated rings. The molecule has 0 amide bonds. The zero-order valence-corrected chi connectivity index (χ0v) is 19.1. The Morgan fingerprint density at radius 2 is 1.73 bits per heavy atom. The molecule has 12 heteroatoms. The summed E-state index contributed by atoms with van der Waals surface area (Å²) in [6.07, 6.45) is -0.978. The lowest BCUT2D eigenvalue weighted by molar-refractivity contribution is -0.137. The maximum absolute atomic E-state index is 13.6. The third kappa shape index (κ3) is 4.04. The van der Waals surface area contributed by atoms with E-state index in [2.05, 4.69) is 20.2 Å². The summed E-state index contributed by atoms with van der Waals surface area (Å²) in [5, 5.41) is 3.02. The van der Waals surface area contributed by atoms with E-state index in [-0.39, 0.29) is 23.8 Å². The number of sulfonamides is 1. The standard InChI is InChI=1S/C21H25F3N6O2S/c1-28-7-9-29(10-8-28)19-16(21(22,23)24)12-25-20(27-19)26-13-3-4-14-15(11-13)18-6-5-17(14)30(18)33(2,31)32/h3-4,11-12,17-18H,5-10H2,1-2H3,(H,25,26,27). The van der Waals surface area contributed by atoms with Crippen LogP contribution in [0.25, 0.3) is 0 Å². The highest BCUT2D eigenvalue weighted by molar-refractivity contribution is 7.88. The van der Waals surface area contributed by atoms with Crippen LogP contribution in [-0.4, -0.2) is 67.1 Å². The van der Waals surface area contributed by atoms with Gasteiger partial charge in [-0.2, -0.15) is 22.5 Å². The molecule has 2 aromatic rings. The van der Waals surface area contributed by atoms with Gasteiger partial charge in [0, 0.05) is 38.1 Å². The average Bonchev–Trinajstić information content (AvgIpc) is 3.31. The Hall–Kier alpha value is -2.44. The van der Waals surface area contributed by atoms with Crippen LogP contribution < -0.4 is 10.2 Å². The quantitative estimate of drug-likeness (QED) is 0.717. The number of likely N-dealkylation sites (N-methyl/N-ethyl adjacent to an activating group) is 1. The van der Waals surface area contributed by atoms with E-state index in [1.165, 1.54) is 6.26 Å². The maximum Gasteiger partial charge on any atom is 0.421 e. The predicted molar refractivity (Wildman–Crippen MR) is 118 cm³/mol. The second-order valence-electron chi connectivity index (χ2n) is 8.89. The highest BCUT2D eigenvalue weighted by Crippen LogP contribution is 2.54. The van der Waals surface area contributed by atoms with Crippen LogP contribution in [0, 0.1) is 0 Å². The summed E-state index contributed by atoms with van der Waals surface area (Å²) in [4.78, 5) is 11.9. The molecule has 2 atom stereocenters. The first kappa shape index (κ1) is 22.4. The molecule has 2 saturated heterocycles. The van der Waals surface area contributed by atoms with Gasteiger partial charge in [0.05, 0.1) is 18.3 Å². The van der Waals surface area contributed by atoms with Gasteiger partial charge in [0.15, 0.2) is 0 Å². The zero-order valence-electron chi connectivity index (χ0n) is 18.3. The number of nitrogens with one attached hydrogen (secondary N) is 1. The Balaban J connectivity index is 1.44. The van der Waals surface area contributed by atoms with Crippen LogP contribution in [0.3, 0.4) is 0 Å². The molecule has 1 aromatic heterocycles. The van der Waals surface area contributed by atoms with Crippen LogP contribution in [-0.2, 0) is 16.2 Å². The van der Waals surface area contributed by atoms with Crippen LogP contribution in [0.1, 0.15) is 41.6 Å². The summed E-state index contributed by atoms with van der Waals surface area (Å²) in [7, 11) is -1.41. The molecule has 5 rings (SSSR count). The number of hydrogen-bond acceptors (Lipinski definition) is 7. The monoisotopic (exact) mass is 482 g/mol. The largest absolute Gasteiger partial charge is 0.421 e. The number of aromatic nitrogens is 2. The van der Waals surface area contributed by atoms with Crippen LogP contribution in [0.5, 0.6) is 0 Å². The van der Waals surface area contributed by atoms with Gasteiger partial charge in [0.25, 0.3) is 0 Å². The van der Waals surface area contributed by atoms with Crippen molar-refractivity contribution < 1.29 is 21.6 Å². The molecular formula is C21H25F3N6O2S. The number of nitrogens with zero attached hydrogens (tertiary/aromatic N) is 5. The van der Waals surface area contributed by atoms with Crippen LogP contribution in [0.4, 0.5) is 30.6 Å². The molecule has 0 spiro atoms. The number of rotatable bonds is 4. The number of fused-ring (bicyclic) bond motifs is 5. The van der Waals surface area contributed by atoms with E-state index >= 15 is 0 Å². The molecular weight excluding hydrogens is 457 g/mol. The van der Waals surface area contributed by atoms with Crippen molar-refractivity contribution in [3.63, 3.8) is 0 Å². The van der Waals surface area contributed by atoms with E-state index in [0.717, 1.165) is 30.2 Å². The Morgan fingerprint density at radius 1 is 1.06 bits per heavy atom. The van der Waals surface area contributed by atoms with Crippen molar-refractivity contribution in [1.82, 2.24) is 19.2 Å². The van der Waals surface area contributed by atoms with Gasteiger partial charge < -0.3 is 15.1 Å². The minimum atomic E-state index is -4.56. The molecule has 1 aromatic carbocycles. The van der Waals surface area contributed by atoms with Crippen molar-refractivity contribution in [3.8, 4) is 0 Å². The Morgan fingerprint density at radius 3 is 2.36 bits per heavy atom. The third-order valence-electron chi connectivity index (χ3n) is 6.65. The second-order valence-corrected chi connectivity index (χ2v) is 10.8. The van der Waals surface area contributed by atoms with Crippen molar-refractivity contribution >= 4 is 27.5 Å². The SMILES string of the molecule is CN1CCN(c2nc(Nc3ccc4c(c3)C3CCC4N3S(C)(=O)=O)ncc2C(F)(F)F)CC1. The molecule has 3 aliphatic rings. The van der Waals surface area contributed by atoms with Crippen molar-refractivity contribution in [2.75, 3.05) is 49.7 Å². The van der Waals surface area contributed by atoms with Gasteiger partial charge in [-0.05, 0) is 43.1 Å². The minimum Gasteiger partial charge on any atom is -0.353 e. The molecule has 0 aliphatic carbocycles. The Labute approximate surface area is 190 Å². The molecule has 2 unspecified atom stereocenters. The van der Waals surface area contributed by atoms with Gasteiger partial charge in [-0.1, -0.05) is 6.07 Å². The topological polar surface area (TPSA) is 81.7 Å². The second kappa shape index (κ2) is 7.81. The minimum absolute atomic E-state index is 0.0694. The lowest BCUT2D eigenvalue weighted by Crippen LogP contribution is -2.45. The molecule has 0 saturated carbocycles. The molecule has 33 heavy (non-hydrogen) atoms. The number of hydrogen-bond donors (Lipinski definition) is 1. The smallest absolute Gasteiger partial charge is 0.353 e. The molecule has 2 bridgehead atoms. The van der Waals surface area contributed by atoms with E-state index < -0.39 is 21.8 Å². The summed E-state index contributed by atoms with van der Waals surface area (Å²) in [6.45, 7) is 2.18. The van der Waals surface area contributed by atoms with Gasteiger partial charge in [-0.25, -0.2) is 13.4 Å². The van der Waals surface area contributed by atoms with Gasteiger partial charge >= 0.3 is 6.18 Å². The first-order chi connectivity index (χ1) is 15.5. The summed E-state index contributed by atoms with van der Waals surface area (Å²) >= 11 is 0. The summed E-state index contributed by atoms with van der Waals surface area (Å²) in [5.41, 5.74) is 1.66. The fourth-order valence-electron chi connectivity index (χ4n) is 5.10. The molecule has 4 heterocycles. The summed E-state index contributed by atoms with van der Waals surface area (Å²) < 4.78 is 66.9. The number of alkyl halides is 3. The zero-order chi connectivity index (χ0) is 23.5. The van der Waals surface area contributed by atoms with Gasteiger partial charge in [0.2, 0.25) is 16.0 Å². The van der Waals surface area contributed by atoms with Gasteiger partial charge in [-0.3, -0.25) is 0 Å². The number of halogens is 3. The summed E-state index contributed by atoms with van der Waals surface area (Å²) in [6, 6.07) is 5.16. The van der Waals surface area contributed by atoms with Crippen molar-refractivity contribution in [2.45, 2.75) is 31.1 Å². The molecule has 178 valence electrons. The number of benzene rings is 1. The maximum atomic E-state index is 13.6. The molecule has 0 radical (unpaired) electrons. The Bertz CT molecular complexity index is 1180. The van der Waals surface area contributed by atoms with Crippen LogP contribution in [0.15, 0.2) is 24.4 Å². The normalized spacial score (nSPS) is 23.7. The number of piperazine rings is 1. The van der Waals surface area contributed by atoms with Gasteiger partial charge in [-0.15, -0.1) is 0 Å². The Kier molecular flexibility index (Phi) is 5.29. The fourth-order valence-corrected chi connectivity index (χ4v) is 6.46. The first-order valence-electron chi connectivity index (χ1n) is 10.8. The third-order valence-corrected chi connectivity index (χ3v) is 7.92. The van der Waals surface area contributed by atoms with Gasteiger partial charge in [0.1, 0.15) is 11.4 Å². The van der Waals surface area contributed by atoms with Crippen molar-refractivity contribution in [3.05, 3.63) is 41.1 Å². The summed E-state index contributed by atoms with van der Waals surface area (Å²) in [5.74, 6) is -0.0587. The lowest BCUT2D eigenvalue weighted by atomic mass is 9.91. The predicted octanol–water partition coefficient (Wildman–Crippen LogP) is 3.14. The van der Waals surface area contributed by atoms with Crippen molar-refractivity contribution in [1.29, 1.82) is 0 Å². The fraction of sp³-hybridized carbons (Fsp3) is 0.524. The van der Waals surface area contributed by atoms with E-state index in [1.54, 1.807) is 15.3 Å². The van der Waals surface area contributed by atoms with E-state index in [0.29, 0.717) is 31.9 Å². The van der Waals surface area contributed by atoms with Crippen LogP contribution in [0.2, 0.25) is 0 Å². The number of anilines is 3.